The van der Waals surface area contributed by atoms with Crippen LogP contribution >= 0.6 is 0 Å². The first-order valence-electron chi connectivity index (χ1n) is 8.45. The van der Waals surface area contributed by atoms with Gasteiger partial charge in [0.15, 0.2) is 0 Å². The molecule has 1 aliphatic heterocycles. The fraction of sp³-hybridized carbons (Fsp3) is 0.647. The summed E-state index contributed by atoms with van der Waals surface area (Å²) in [6.45, 7) is 6.21. The van der Waals surface area contributed by atoms with Crippen LogP contribution in [0.4, 0.5) is 0 Å². The van der Waals surface area contributed by atoms with E-state index in [9.17, 15) is 8.42 Å². The van der Waals surface area contributed by atoms with Crippen molar-refractivity contribution in [1.29, 1.82) is 0 Å². The van der Waals surface area contributed by atoms with Crippen molar-refractivity contribution in [1.82, 2.24) is 9.21 Å². The van der Waals surface area contributed by atoms with Crippen LogP contribution in [0.3, 0.4) is 0 Å². The molecule has 0 amide bonds. The molecule has 5 heteroatoms. The molecular weight excluding hydrogens is 296 g/mol. The van der Waals surface area contributed by atoms with Gasteiger partial charge in [-0.1, -0.05) is 19.4 Å². The van der Waals surface area contributed by atoms with Gasteiger partial charge < -0.3 is 4.90 Å². The lowest BCUT2D eigenvalue weighted by molar-refractivity contribution is 0.186. The van der Waals surface area contributed by atoms with E-state index in [0.717, 1.165) is 38.9 Å². The van der Waals surface area contributed by atoms with Crippen LogP contribution in [0.1, 0.15) is 37.3 Å². The Morgan fingerprint density at radius 2 is 1.77 bits per heavy atom. The Labute approximate surface area is 134 Å². The van der Waals surface area contributed by atoms with Crippen LogP contribution < -0.4 is 0 Å². The number of nitrogens with zero attached hydrogens (tertiary/aromatic N) is 2. The Kier molecular flexibility index (Phi) is 4.85. The molecule has 1 aliphatic carbocycles. The fourth-order valence-electron chi connectivity index (χ4n) is 3.43. The van der Waals surface area contributed by atoms with E-state index in [4.69, 9.17) is 0 Å². The van der Waals surface area contributed by atoms with Crippen LogP contribution in [0, 0.1) is 0 Å². The zero-order valence-electron chi connectivity index (χ0n) is 13.4. The fourth-order valence-corrected chi connectivity index (χ4v) is 4.91. The molecule has 0 bridgehead atoms. The van der Waals surface area contributed by atoms with E-state index >= 15 is 0 Å². The highest BCUT2D eigenvalue weighted by Crippen LogP contribution is 2.26. The molecule has 4 nitrogen and oxygen atoms in total. The summed E-state index contributed by atoms with van der Waals surface area (Å²) in [6, 6.07) is 5.71. The van der Waals surface area contributed by atoms with Gasteiger partial charge in [0, 0.05) is 26.2 Å². The van der Waals surface area contributed by atoms with Gasteiger partial charge in [0.05, 0.1) is 4.90 Å². The van der Waals surface area contributed by atoms with Gasteiger partial charge in [0.2, 0.25) is 10.0 Å². The second-order valence-electron chi connectivity index (χ2n) is 6.38. The predicted octanol–water partition coefficient (Wildman–Crippen LogP) is 2.28. The smallest absolute Gasteiger partial charge is 0.243 e. The third-order valence-corrected chi connectivity index (χ3v) is 6.76. The van der Waals surface area contributed by atoms with E-state index in [-0.39, 0.29) is 0 Å². The maximum absolute atomic E-state index is 12.8. The van der Waals surface area contributed by atoms with Crippen LogP contribution in [0.15, 0.2) is 23.1 Å². The summed E-state index contributed by atoms with van der Waals surface area (Å²) in [5, 5.41) is 0. The SMILES string of the molecule is CCCCN1CCN(S(=O)(=O)c2ccc3c(c2)CCC3)CC1. The topological polar surface area (TPSA) is 40.6 Å². The van der Waals surface area contributed by atoms with Gasteiger partial charge in [0.1, 0.15) is 0 Å². The van der Waals surface area contributed by atoms with Crippen LogP contribution in [0.2, 0.25) is 0 Å². The van der Waals surface area contributed by atoms with Crippen molar-refractivity contribution in [3.05, 3.63) is 29.3 Å². The Hall–Kier alpha value is -0.910. The normalized spacial score (nSPS) is 20.2. The van der Waals surface area contributed by atoms with Crippen LogP contribution in [0.25, 0.3) is 0 Å². The summed E-state index contributed by atoms with van der Waals surface area (Å²) in [7, 11) is -3.32. The van der Waals surface area contributed by atoms with Gasteiger partial charge in [-0.2, -0.15) is 4.31 Å². The van der Waals surface area contributed by atoms with Gasteiger partial charge in [-0.3, -0.25) is 0 Å². The van der Waals surface area contributed by atoms with E-state index in [1.54, 1.807) is 10.4 Å². The highest BCUT2D eigenvalue weighted by molar-refractivity contribution is 7.89. The number of sulfonamides is 1. The van der Waals surface area contributed by atoms with E-state index in [0.29, 0.717) is 18.0 Å². The van der Waals surface area contributed by atoms with E-state index < -0.39 is 10.0 Å². The van der Waals surface area contributed by atoms with Gasteiger partial charge in [-0.05, 0) is 55.5 Å². The van der Waals surface area contributed by atoms with E-state index in [1.165, 1.54) is 24.0 Å². The first-order valence-corrected chi connectivity index (χ1v) is 9.89. The highest BCUT2D eigenvalue weighted by atomic mass is 32.2. The van der Waals surface area contributed by atoms with Crippen molar-refractivity contribution >= 4 is 10.0 Å². The third kappa shape index (κ3) is 3.21. The van der Waals surface area contributed by atoms with Gasteiger partial charge in [0.25, 0.3) is 0 Å². The number of hydrogen-bond donors (Lipinski definition) is 0. The minimum absolute atomic E-state index is 0.482. The Morgan fingerprint density at radius 1 is 1.05 bits per heavy atom. The lowest BCUT2D eigenvalue weighted by Crippen LogP contribution is -2.48. The Bertz CT molecular complexity index is 620. The molecule has 1 fully saturated rings. The van der Waals surface area contributed by atoms with Crippen molar-refractivity contribution in [2.75, 3.05) is 32.7 Å². The maximum Gasteiger partial charge on any atom is 0.243 e. The molecule has 0 spiro atoms. The molecule has 0 atom stereocenters. The number of fused-ring (bicyclic) bond motifs is 1. The van der Waals surface area contributed by atoms with Crippen LogP contribution in [-0.4, -0.2) is 50.3 Å². The number of piperazine rings is 1. The second-order valence-corrected chi connectivity index (χ2v) is 8.32. The summed E-state index contributed by atoms with van der Waals surface area (Å²) in [4.78, 5) is 2.85. The molecule has 22 heavy (non-hydrogen) atoms. The lowest BCUT2D eigenvalue weighted by Gasteiger charge is -2.34. The Balaban J connectivity index is 1.69. The van der Waals surface area contributed by atoms with Gasteiger partial charge >= 0.3 is 0 Å². The van der Waals surface area contributed by atoms with E-state index in [2.05, 4.69) is 11.8 Å². The number of aryl methyl sites for hydroxylation is 2. The highest BCUT2D eigenvalue weighted by Gasteiger charge is 2.29. The van der Waals surface area contributed by atoms with Gasteiger partial charge in [-0.15, -0.1) is 0 Å². The molecular formula is C17H26N2O2S. The molecule has 1 saturated heterocycles. The first kappa shape index (κ1) is 16.0. The molecule has 1 aromatic rings. The molecule has 0 aromatic heterocycles. The van der Waals surface area contributed by atoms with E-state index in [1.807, 2.05) is 12.1 Å². The molecule has 3 rings (SSSR count). The van der Waals surface area contributed by atoms with Crippen molar-refractivity contribution in [3.63, 3.8) is 0 Å². The molecule has 122 valence electrons. The summed E-state index contributed by atoms with van der Waals surface area (Å²) >= 11 is 0. The van der Waals surface area contributed by atoms with Crippen molar-refractivity contribution in [2.45, 2.75) is 43.9 Å². The quantitative estimate of drug-likeness (QED) is 0.835. The predicted molar refractivity (Wildman–Crippen MR) is 88.6 cm³/mol. The first-order chi connectivity index (χ1) is 10.6. The average molecular weight is 322 g/mol. The Morgan fingerprint density at radius 3 is 2.50 bits per heavy atom. The lowest BCUT2D eigenvalue weighted by atomic mass is 10.1. The molecule has 0 N–H and O–H groups in total. The van der Waals surface area contributed by atoms with Crippen molar-refractivity contribution < 1.29 is 8.42 Å². The summed E-state index contributed by atoms with van der Waals surface area (Å²) in [5.74, 6) is 0. The van der Waals surface area contributed by atoms with Crippen molar-refractivity contribution in [2.24, 2.45) is 0 Å². The van der Waals surface area contributed by atoms with Crippen molar-refractivity contribution in [3.8, 4) is 0 Å². The number of rotatable bonds is 5. The molecule has 0 saturated carbocycles. The summed E-state index contributed by atoms with van der Waals surface area (Å²) in [5.41, 5.74) is 2.55. The summed E-state index contributed by atoms with van der Waals surface area (Å²) in [6.07, 6.45) is 5.63. The molecule has 1 heterocycles. The molecule has 0 unspecified atom stereocenters. The minimum Gasteiger partial charge on any atom is -0.301 e. The zero-order valence-corrected chi connectivity index (χ0v) is 14.2. The summed E-state index contributed by atoms with van der Waals surface area (Å²) < 4.78 is 27.3. The number of unbranched alkanes of at least 4 members (excludes halogenated alkanes) is 1. The average Bonchev–Trinajstić information content (AvgIpc) is 3.01. The molecule has 0 radical (unpaired) electrons. The van der Waals surface area contributed by atoms with Gasteiger partial charge in [-0.25, -0.2) is 8.42 Å². The zero-order chi connectivity index (χ0) is 15.6. The van der Waals surface area contributed by atoms with Crippen LogP contribution in [-0.2, 0) is 22.9 Å². The standard InChI is InChI=1S/C17H26N2O2S/c1-2-3-9-18-10-12-19(13-11-18)22(20,21)17-8-7-15-5-4-6-16(15)14-17/h7-8,14H,2-6,9-13H2,1H3. The third-order valence-electron chi connectivity index (χ3n) is 4.87. The van der Waals surface area contributed by atoms with Crippen LogP contribution in [0.5, 0.6) is 0 Å². The number of benzene rings is 1. The number of hydrogen-bond acceptors (Lipinski definition) is 3. The minimum atomic E-state index is -3.32. The maximum atomic E-state index is 12.8. The largest absolute Gasteiger partial charge is 0.301 e. The molecule has 2 aliphatic rings. The monoisotopic (exact) mass is 322 g/mol. The molecule has 1 aromatic carbocycles. The second kappa shape index (κ2) is 6.69.